The Balaban J connectivity index is 1.68. The van der Waals surface area contributed by atoms with E-state index in [0.717, 1.165) is 11.1 Å². The van der Waals surface area contributed by atoms with Crippen molar-refractivity contribution < 1.29 is 23.2 Å². The zero-order valence-corrected chi connectivity index (χ0v) is 15.9. The van der Waals surface area contributed by atoms with Crippen LogP contribution in [0.4, 0.5) is 8.78 Å². The normalized spacial score (nSPS) is 20.0. The summed E-state index contributed by atoms with van der Waals surface area (Å²) in [5, 5.41) is 4.75. The Morgan fingerprint density at radius 1 is 1.32 bits per heavy atom. The van der Waals surface area contributed by atoms with Crippen molar-refractivity contribution in [3.8, 4) is 0 Å². The summed E-state index contributed by atoms with van der Waals surface area (Å²) in [7, 11) is 3.11. The summed E-state index contributed by atoms with van der Waals surface area (Å²) < 4.78 is 27.5. The van der Waals surface area contributed by atoms with Crippen LogP contribution in [0, 0.1) is 0 Å². The van der Waals surface area contributed by atoms with Crippen molar-refractivity contribution in [3.05, 3.63) is 34.9 Å². The summed E-state index contributed by atoms with van der Waals surface area (Å²) in [5.41, 5.74) is 2.10. The van der Waals surface area contributed by atoms with Crippen LogP contribution < -0.4 is 10.6 Å². The minimum Gasteiger partial charge on any atom is -0.322 e. The predicted molar refractivity (Wildman–Crippen MR) is 97.7 cm³/mol. The van der Waals surface area contributed by atoms with E-state index in [4.69, 9.17) is 0 Å². The van der Waals surface area contributed by atoms with E-state index in [0.29, 0.717) is 18.5 Å². The fourth-order valence-electron chi connectivity index (χ4n) is 3.80. The first-order valence-electron chi connectivity index (χ1n) is 9.17. The van der Waals surface area contributed by atoms with E-state index < -0.39 is 24.4 Å². The van der Waals surface area contributed by atoms with E-state index in [-0.39, 0.29) is 31.3 Å². The van der Waals surface area contributed by atoms with Crippen molar-refractivity contribution in [2.75, 3.05) is 27.2 Å². The number of nitrogens with zero attached hydrogens (tertiary/aromatic N) is 2. The average Bonchev–Trinajstić information content (AvgIpc) is 2.90. The molecule has 3 rings (SSSR count). The summed E-state index contributed by atoms with van der Waals surface area (Å²) in [5.74, 6) is -3.86. The molecule has 9 heteroatoms. The van der Waals surface area contributed by atoms with Gasteiger partial charge in [0.05, 0.1) is 13.1 Å². The Labute approximate surface area is 162 Å². The number of piperidine rings is 1. The monoisotopic (exact) mass is 394 g/mol. The maximum absolute atomic E-state index is 13.8. The van der Waals surface area contributed by atoms with Gasteiger partial charge >= 0.3 is 0 Å². The highest BCUT2D eigenvalue weighted by Crippen LogP contribution is 2.28. The van der Waals surface area contributed by atoms with Gasteiger partial charge in [0.25, 0.3) is 11.8 Å². The lowest BCUT2D eigenvalue weighted by Gasteiger charge is -2.29. The van der Waals surface area contributed by atoms with Crippen molar-refractivity contribution in [3.63, 3.8) is 0 Å². The fourth-order valence-corrected chi connectivity index (χ4v) is 3.80. The first kappa shape index (κ1) is 20.3. The Morgan fingerprint density at radius 3 is 2.75 bits per heavy atom. The van der Waals surface area contributed by atoms with Crippen molar-refractivity contribution in [1.82, 2.24) is 20.4 Å². The highest BCUT2D eigenvalue weighted by Gasteiger charge is 2.39. The first-order chi connectivity index (χ1) is 13.2. The zero-order valence-electron chi connectivity index (χ0n) is 15.9. The van der Waals surface area contributed by atoms with E-state index in [2.05, 4.69) is 10.6 Å². The number of carbonyl (C=O) groups is 3. The quantitative estimate of drug-likeness (QED) is 0.667. The molecule has 0 spiro atoms. The second-order valence-electron chi connectivity index (χ2n) is 7.45. The van der Waals surface area contributed by atoms with E-state index in [1.54, 1.807) is 19.2 Å². The van der Waals surface area contributed by atoms with E-state index in [1.165, 1.54) is 16.8 Å². The number of benzene rings is 1. The number of fused-ring (bicyclic) bond motifs is 1. The van der Waals surface area contributed by atoms with Gasteiger partial charge in [-0.05, 0) is 37.7 Å². The van der Waals surface area contributed by atoms with Crippen molar-refractivity contribution in [1.29, 1.82) is 0 Å². The molecule has 28 heavy (non-hydrogen) atoms. The molecule has 0 saturated carbocycles. The van der Waals surface area contributed by atoms with Gasteiger partial charge in [-0.25, -0.2) is 8.78 Å². The molecule has 0 radical (unpaired) electrons. The van der Waals surface area contributed by atoms with Crippen LogP contribution in [0.15, 0.2) is 18.2 Å². The van der Waals surface area contributed by atoms with Gasteiger partial charge in [0.1, 0.15) is 6.04 Å². The number of amides is 3. The van der Waals surface area contributed by atoms with E-state index >= 15 is 0 Å². The van der Waals surface area contributed by atoms with Gasteiger partial charge in [-0.15, -0.1) is 0 Å². The molecule has 2 aliphatic rings. The highest BCUT2D eigenvalue weighted by molar-refractivity contribution is 6.05. The molecule has 1 atom stereocenters. The Morgan fingerprint density at radius 2 is 2.07 bits per heavy atom. The second-order valence-corrected chi connectivity index (χ2v) is 7.45. The zero-order chi connectivity index (χ0) is 20.5. The van der Waals surface area contributed by atoms with Crippen LogP contribution in [0.1, 0.15) is 34.3 Å². The molecule has 3 amide bonds. The summed E-state index contributed by atoms with van der Waals surface area (Å²) in [6, 6.07) is 4.59. The molecule has 1 aromatic carbocycles. The molecule has 1 fully saturated rings. The minimum atomic E-state index is -2.83. The van der Waals surface area contributed by atoms with Crippen LogP contribution in [0.5, 0.6) is 0 Å². The van der Waals surface area contributed by atoms with Gasteiger partial charge in [-0.3, -0.25) is 24.6 Å². The molecule has 152 valence electrons. The summed E-state index contributed by atoms with van der Waals surface area (Å²) >= 11 is 0. The molecular weight excluding hydrogens is 370 g/mol. The van der Waals surface area contributed by atoms with Crippen molar-refractivity contribution in [2.45, 2.75) is 37.9 Å². The smallest absolute Gasteiger partial charge is 0.272 e. The van der Waals surface area contributed by atoms with Crippen LogP contribution in [0.3, 0.4) is 0 Å². The molecule has 0 aliphatic carbocycles. The molecule has 2 heterocycles. The van der Waals surface area contributed by atoms with Gasteiger partial charge in [0.15, 0.2) is 0 Å². The summed E-state index contributed by atoms with van der Waals surface area (Å²) in [6.45, 7) is -0.184. The lowest BCUT2D eigenvalue weighted by molar-refractivity contribution is -0.136. The molecule has 1 saturated heterocycles. The Kier molecular flexibility index (Phi) is 5.76. The predicted octanol–water partition coefficient (Wildman–Crippen LogP) is 0.734. The molecule has 7 nitrogen and oxygen atoms in total. The van der Waals surface area contributed by atoms with Gasteiger partial charge in [0.2, 0.25) is 11.8 Å². The van der Waals surface area contributed by atoms with Crippen LogP contribution in [0.25, 0.3) is 0 Å². The number of hydrogen-bond donors (Lipinski definition) is 2. The fraction of sp³-hybridized carbons (Fsp3) is 0.526. The standard InChI is InChI=1S/C19H24F2N4O3/c1-22-10-19(20,21)11-24(2)8-12-3-4-14-13(7-12)9-25(18(14)28)15-5-6-16(26)23-17(15)27/h3-4,7,15,22H,5-6,8-11H2,1-2H3,(H,23,26,27). The van der Waals surface area contributed by atoms with Gasteiger partial charge in [-0.1, -0.05) is 12.1 Å². The van der Waals surface area contributed by atoms with Gasteiger partial charge in [-0.2, -0.15) is 0 Å². The number of hydrogen-bond acceptors (Lipinski definition) is 5. The molecule has 2 aliphatic heterocycles. The molecular formula is C19H24F2N4O3. The van der Waals surface area contributed by atoms with E-state index in [1.807, 2.05) is 6.07 Å². The molecule has 0 bridgehead atoms. The number of alkyl halides is 2. The van der Waals surface area contributed by atoms with Crippen LogP contribution >= 0.6 is 0 Å². The Bertz CT molecular complexity index is 799. The van der Waals surface area contributed by atoms with Crippen LogP contribution in [-0.4, -0.2) is 66.7 Å². The highest BCUT2D eigenvalue weighted by atomic mass is 19.3. The number of nitrogens with one attached hydrogen (secondary N) is 2. The maximum atomic E-state index is 13.8. The minimum absolute atomic E-state index is 0.202. The Hall–Kier alpha value is -2.39. The average molecular weight is 394 g/mol. The number of imide groups is 1. The second kappa shape index (κ2) is 7.92. The summed E-state index contributed by atoms with van der Waals surface area (Å²) in [4.78, 5) is 39.1. The number of carbonyl (C=O) groups excluding carboxylic acids is 3. The third-order valence-corrected chi connectivity index (χ3v) is 4.98. The van der Waals surface area contributed by atoms with Crippen LogP contribution in [0.2, 0.25) is 0 Å². The SMILES string of the molecule is CNCC(F)(F)CN(C)Cc1ccc2c(c1)CN(C1CCC(=O)NC1=O)C2=O. The summed E-state index contributed by atoms with van der Waals surface area (Å²) in [6.07, 6.45) is 0.508. The van der Waals surface area contributed by atoms with Gasteiger partial charge < -0.3 is 10.2 Å². The molecule has 1 unspecified atom stereocenters. The lowest BCUT2D eigenvalue weighted by Crippen LogP contribution is -2.52. The van der Waals surface area contributed by atoms with Crippen molar-refractivity contribution in [2.24, 2.45) is 0 Å². The van der Waals surface area contributed by atoms with Crippen molar-refractivity contribution >= 4 is 17.7 Å². The van der Waals surface area contributed by atoms with E-state index in [9.17, 15) is 23.2 Å². The maximum Gasteiger partial charge on any atom is 0.272 e. The third-order valence-electron chi connectivity index (χ3n) is 4.98. The van der Waals surface area contributed by atoms with Crippen LogP contribution in [-0.2, 0) is 22.7 Å². The lowest BCUT2D eigenvalue weighted by atomic mass is 10.0. The number of halogens is 2. The number of rotatable bonds is 7. The third kappa shape index (κ3) is 4.36. The molecule has 1 aromatic rings. The van der Waals surface area contributed by atoms with Gasteiger partial charge in [0, 0.05) is 25.1 Å². The first-order valence-corrected chi connectivity index (χ1v) is 9.17. The molecule has 0 aromatic heterocycles. The largest absolute Gasteiger partial charge is 0.322 e. The topological polar surface area (TPSA) is 81.8 Å². The molecule has 2 N–H and O–H groups in total.